The molecule has 0 bridgehead atoms. The smallest absolute Gasteiger partial charge is 0.394 e. The topological polar surface area (TPSA) is 171 Å². The Morgan fingerprint density at radius 3 is 2.68 bits per heavy atom. The van der Waals surface area contributed by atoms with Gasteiger partial charge in [0.1, 0.15) is 12.3 Å². The summed E-state index contributed by atoms with van der Waals surface area (Å²) in [5, 5.41) is 18.7. The lowest BCUT2D eigenvalue weighted by molar-refractivity contribution is -0.0460. The van der Waals surface area contributed by atoms with Gasteiger partial charge in [-0.05, 0) is 0 Å². The monoisotopic (exact) mass is 338 g/mol. The van der Waals surface area contributed by atoms with E-state index in [0.717, 1.165) is 10.8 Å². The number of aromatic amines is 1. The van der Waals surface area contributed by atoms with Crippen LogP contribution in [0.4, 0.5) is 0 Å². The Morgan fingerprint density at radius 2 is 2.14 bits per heavy atom. The molecule has 5 N–H and O–H groups in total. The van der Waals surface area contributed by atoms with Gasteiger partial charge in [0.25, 0.3) is 5.56 Å². The highest BCUT2D eigenvalue weighted by Crippen LogP contribution is 2.36. The van der Waals surface area contributed by atoms with Gasteiger partial charge in [-0.2, -0.15) is 0 Å². The van der Waals surface area contributed by atoms with E-state index in [2.05, 4.69) is 4.52 Å². The second-order valence-electron chi connectivity index (χ2n) is 4.70. The minimum Gasteiger partial charge on any atom is -0.394 e. The first-order valence-corrected chi connectivity index (χ1v) is 7.73. The fourth-order valence-corrected chi connectivity index (χ4v) is 2.35. The van der Waals surface area contributed by atoms with Crippen LogP contribution in [0.1, 0.15) is 18.2 Å². The molecular weight excluding hydrogens is 323 g/mol. The molecule has 1 aliphatic rings. The number of hydrogen-bond acceptors (Lipinski definition) is 7. The minimum atomic E-state index is -4.77. The summed E-state index contributed by atoms with van der Waals surface area (Å²) < 4.78 is 21.1. The van der Waals surface area contributed by atoms with E-state index >= 15 is 0 Å². The quantitative estimate of drug-likeness (QED) is 0.373. The summed E-state index contributed by atoms with van der Waals surface area (Å²) in [7, 11) is -4.77. The number of aromatic nitrogens is 2. The van der Waals surface area contributed by atoms with Crippen LogP contribution in [-0.2, 0) is 20.4 Å². The van der Waals surface area contributed by atoms with Gasteiger partial charge in [-0.25, -0.2) is 9.36 Å². The molecule has 0 saturated carbocycles. The summed E-state index contributed by atoms with van der Waals surface area (Å²) in [5.41, 5.74) is -1.87. The molecule has 0 aromatic carbocycles. The van der Waals surface area contributed by atoms with Crippen molar-refractivity contribution in [2.24, 2.45) is 0 Å². The third-order valence-electron chi connectivity index (χ3n) is 3.12. The van der Waals surface area contributed by atoms with Crippen LogP contribution < -0.4 is 11.2 Å². The van der Waals surface area contributed by atoms with Crippen molar-refractivity contribution in [1.82, 2.24) is 9.55 Å². The SMILES string of the molecule is O=c1[nH]c(=O)n([C@H]2C[C@H](O)[C@@H](CO)O2)cc1COP(=O)(O)O. The van der Waals surface area contributed by atoms with Crippen molar-refractivity contribution < 1.29 is 33.8 Å². The lowest BCUT2D eigenvalue weighted by Crippen LogP contribution is -2.34. The minimum absolute atomic E-state index is 0.00989. The van der Waals surface area contributed by atoms with Gasteiger partial charge in [-0.1, -0.05) is 0 Å². The molecule has 124 valence electrons. The van der Waals surface area contributed by atoms with Crippen LogP contribution in [0.15, 0.2) is 15.8 Å². The second kappa shape index (κ2) is 6.42. The van der Waals surface area contributed by atoms with Crippen LogP contribution in [0.2, 0.25) is 0 Å². The summed E-state index contributed by atoms with van der Waals surface area (Å²) in [6.07, 6.45) is -1.73. The Hall–Kier alpha value is -1.33. The highest BCUT2D eigenvalue weighted by molar-refractivity contribution is 7.46. The molecule has 2 rings (SSSR count). The zero-order chi connectivity index (χ0) is 16.5. The summed E-state index contributed by atoms with van der Waals surface area (Å²) >= 11 is 0. The number of nitrogens with one attached hydrogen (secondary N) is 1. The predicted molar refractivity (Wildman–Crippen MR) is 69.8 cm³/mol. The van der Waals surface area contributed by atoms with Gasteiger partial charge in [0.2, 0.25) is 0 Å². The maximum atomic E-state index is 11.8. The summed E-state index contributed by atoms with van der Waals surface area (Å²) in [4.78, 5) is 42.6. The number of hydrogen-bond donors (Lipinski definition) is 5. The Balaban J connectivity index is 2.27. The molecule has 0 spiro atoms. The van der Waals surface area contributed by atoms with Crippen molar-refractivity contribution in [1.29, 1.82) is 0 Å². The number of rotatable bonds is 5. The molecule has 1 aromatic rings. The average molecular weight is 338 g/mol. The maximum Gasteiger partial charge on any atom is 0.469 e. The molecule has 1 fully saturated rings. The van der Waals surface area contributed by atoms with Crippen molar-refractivity contribution in [2.45, 2.75) is 31.5 Å². The number of ether oxygens (including phenoxy) is 1. The van der Waals surface area contributed by atoms with Crippen LogP contribution in [0.5, 0.6) is 0 Å². The number of nitrogens with zero attached hydrogens (tertiary/aromatic N) is 1. The number of aliphatic hydroxyl groups excluding tert-OH is 2. The van der Waals surface area contributed by atoms with Gasteiger partial charge in [-0.3, -0.25) is 18.9 Å². The van der Waals surface area contributed by atoms with Crippen molar-refractivity contribution in [3.05, 3.63) is 32.6 Å². The van der Waals surface area contributed by atoms with E-state index in [9.17, 15) is 19.3 Å². The molecule has 0 amide bonds. The molecule has 1 aromatic heterocycles. The first kappa shape index (κ1) is 17.0. The van der Waals surface area contributed by atoms with Crippen LogP contribution >= 0.6 is 7.82 Å². The number of phosphoric acid groups is 1. The first-order valence-electron chi connectivity index (χ1n) is 6.20. The number of H-pyrrole nitrogens is 1. The molecule has 22 heavy (non-hydrogen) atoms. The van der Waals surface area contributed by atoms with Gasteiger partial charge in [0.05, 0.1) is 24.9 Å². The van der Waals surface area contributed by atoms with E-state index in [-0.39, 0.29) is 12.0 Å². The van der Waals surface area contributed by atoms with Crippen molar-refractivity contribution in [3.63, 3.8) is 0 Å². The molecule has 0 aliphatic carbocycles. The van der Waals surface area contributed by atoms with Crippen molar-refractivity contribution in [3.8, 4) is 0 Å². The molecule has 2 heterocycles. The zero-order valence-electron chi connectivity index (χ0n) is 11.2. The van der Waals surface area contributed by atoms with Gasteiger partial charge in [-0.15, -0.1) is 0 Å². The lowest BCUT2D eigenvalue weighted by atomic mass is 10.2. The Bertz CT molecular complexity index is 692. The largest absolute Gasteiger partial charge is 0.469 e. The molecular formula is C10H15N2O9P. The first-order chi connectivity index (χ1) is 10.2. The van der Waals surface area contributed by atoms with Gasteiger partial charge < -0.3 is 24.7 Å². The molecule has 12 heteroatoms. The molecule has 3 atom stereocenters. The average Bonchev–Trinajstić information content (AvgIpc) is 2.77. The van der Waals surface area contributed by atoms with Gasteiger partial charge in [0.15, 0.2) is 0 Å². The highest BCUT2D eigenvalue weighted by atomic mass is 31.2. The fourth-order valence-electron chi connectivity index (χ4n) is 2.05. The van der Waals surface area contributed by atoms with E-state index in [1.165, 1.54) is 0 Å². The third kappa shape index (κ3) is 3.90. The molecule has 11 nitrogen and oxygen atoms in total. The van der Waals surface area contributed by atoms with Crippen LogP contribution in [-0.4, -0.2) is 48.4 Å². The van der Waals surface area contributed by atoms with Crippen LogP contribution in [0.3, 0.4) is 0 Å². The highest BCUT2D eigenvalue weighted by Gasteiger charge is 2.35. The number of phosphoric ester groups is 1. The third-order valence-corrected chi connectivity index (χ3v) is 3.59. The Labute approximate surface area is 123 Å². The second-order valence-corrected chi connectivity index (χ2v) is 5.94. The van der Waals surface area contributed by atoms with Crippen LogP contribution in [0, 0.1) is 0 Å². The van der Waals surface area contributed by atoms with E-state index in [1.54, 1.807) is 0 Å². The molecule has 1 aliphatic heterocycles. The summed E-state index contributed by atoms with van der Waals surface area (Å²) in [6.45, 7) is -1.15. The lowest BCUT2D eigenvalue weighted by Gasteiger charge is -2.15. The summed E-state index contributed by atoms with van der Waals surface area (Å²) in [6, 6.07) is 0. The maximum absolute atomic E-state index is 11.8. The van der Waals surface area contributed by atoms with E-state index < -0.39 is 50.7 Å². The number of aliphatic hydroxyl groups is 2. The standard InChI is InChI=1S/C10H15N2O9P/c13-3-7-6(14)1-8(21-7)12-2-5(4-20-22(17,18)19)9(15)11-10(12)16/h2,6-8,13-14H,1,3-4H2,(H,11,15,16)(H2,17,18,19)/t6-,7+,8+/m0/s1. The Kier molecular flexibility index (Phi) is 4.97. The molecule has 0 unspecified atom stereocenters. The Morgan fingerprint density at radius 1 is 1.45 bits per heavy atom. The van der Waals surface area contributed by atoms with E-state index in [1.807, 2.05) is 4.98 Å². The van der Waals surface area contributed by atoms with E-state index in [4.69, 9.17) is 19.6 Å². The van der Waals surface area contributed by atoms with Crippen molar-refractivity contribution in [2.75, 3.05) is 6.61 Å². The fraction of sp³-hybridized carbons (Fsp3) is 0.600. The van der Waals surface area contributed by atoms with Crippen molar-refractivity contribution >= 4 is 7.82 Å². The molecule has 1 saturated heterocycles. The summed E-state index contributed by atoms with van der Waals surface area (Å²) in [5.74, 6) is 0. The predicted octanol–water partition coefficient (Wildman–Crippen LogP) is -2.21. The normalized spacial score (nSPS) is 25.5. The van der Waals surface area contributed by atoms with E-state index in [0.29, 0.717) is 0 Å². The van der Waals surface area contributed by atoms with Gasteiger partial charge in [0, 0.05) is 12.6 Å². The molecule has 0 radical (unpaired) electrons. The van der Waals surface area contributed by atoms with Crippen LogP contribution in [0.25, 0.3) is 0 Å². The van der Waals surface area contributed by atoms with Gasteiger partial charge >= 0.3 is 13.5 Å². The zero-order valence-corrected chi connectivity index (χ0v) is 12.0.